The van der Waals surface area contributed by atoms with E-state index in [0.717, 1.165) is 6.42 Å². The number of benzene rings is 2. The molecule has 0 radical (unpaired) electrons. The number of hydrogen-bond donors (Lipinski definition) is 3. The average molecular weight is 782 g/mol. The number of rotatable bonds is 5. The largest absolute Gasteiger partial charge is 0.444 e. The van der Waals surface area contributed by atoms with Gasteiger partial charge in [0.15, 0.2) is 0 Å². The summed E-state index contributed by atoms with van der Waals surface area (Å²) >= 11 is 0. The maximum atomic E-state index is 14.5. The van der Waals surface area contributed by atoms with Gasteiger partial charge in [0.2, 0.25) is 11.8 Å². The number of fused-ring (bicyclic) bond motifs is 3. The normalized spacial score (nSPS) is 25.7. The highest BCUT2D eigenvalue weighted by atomic mass is 32.2. The van der Waals surface area contributed by atoms with Crippen molar-refractivity contribution in [2.45, 2.75) is 120 Å². The van der Waals surface area contributed by atoms with E-state index >= 15 is 0 Å². The second-order valence-corrected chi connectivity index (χ2v) is 17.5. The number of hydrogen-bond acceptors (Lipinski definition) is 9. The Balaban J connectivity index is 1.27. The van der Waals surface area contributed by atoms with Crippen LogP contribution in [-0.2, 0) is 47.0 Å². The molecule has 0 aromatic heterocycles. The molecule has 296 valence electrons. The van der Waals surface area contributed by atoms with E-state index in [0.29, 0.717) is 36.0 Å². The van der Waals surface area contributed by atoms with Crippen molar-refractivity contribution in [3.8, 4) is 0 Å². The molecule has 5 atom stereocenters. The summed E-state index contributed by atoms with van der Waals surface area (Å²) in [6.45, 7) is 6.68. The van der Waals surface area contributed by atoms with Gasteiger partial charge in [-0.2, -0.15) is 0 Å². The van der Waals surface area contributed by atoms with Crippen LogP contribution in [0.2, 0.25) is 0 Å². The van der Waals surface area contributed by atoms with Gasteiger partial charge in [-0.25, -0.2) is 27.1 Å². The van der Waals surface area contributed by atoms with Crippen LogP contribution in [0.3, 0.4) is 0 Å². The molecular weight excluding hydrogens is 734 g/mol. The van der Waals surface area contributed by atoms with Crippen molar-refractivity contribution >= 4 is 39.9 Å². The molecule has 6 rings (SSSR count). The fourth-order valence-electron chi connectivity index (χ4n) is 7.40. The zero-order chi connectivity index (χ0) is 39.7. The Morgan fingerprint density at radius 1 is 1.04 bits per heavy atom. The maximum absolute atomic E-state index is 14.5. The van der Waals surface area contributed by atoms with Crippen LogP contribution in [-0.4, -0.2) is 84.0 Å². The quantitative estimate of drug-likeness (QED) is 0.372. The molecule has 0 bridgehead atoms. The van der Waals surface area contributed by atoms with Gasteiger partial charge in [-0.05, 0) is 82.7 Å². The number of ether oxygens (including phenoxy) is 2. The first kappa shape index (κ1) is 39.7. The van der Waals surface area contributed by atoms with Crippen LogP contribution in [0.25, 0.3) is 0 Å². The standard InChI is InChI=1S/C39H48FN5O9S/c1-24-12-10-15-28(18-24)55(51,52)43-35(48)39-20-26(39)14-8-6-5-7-9-17-31(41-36(49)54-38(2,3)4)34(47)45-22-27(19-32(45)33(46)42-39)53-37(50)44-21-25-13-11-16-30(40)29(25)23-44/h8,10-16,18,26-27,31-32H,5-7,9,17,19-23H2,1-4H3,(H,41,49)(H,42,46)(H,43,48)/t26-,27-,31+,32+,39-/m1/s1. The highest BCUT2D eigenvalue weighted by Gasteiger charge is 2.61. The molecule has 2 aromatic carbocycles. The Bertz CT molecular complexity index is 2000. The van der Waals surface area contributed by atoms with E-state index in [1.54, 1.807) is 58.0 Å². The number of allylic oxidation sites excluding steroid dienone is 1. The molecule has 55 heavy (non-hydrogen) atoms. The molecule has 3 aliphatic heterocycles. The first-order valence-corrected chi connectivity index (χ1v) is 20.1. The van der Waals surface area contributed by atoms with E-state index in [9.17, 15) is 36.8 Å². The molecule has 0 unspecified atom stereocenters. The first-order chi connectivity index (χ1) is 26.0. The van der Waals surface area contributed by atoms with Crippen molar-refractivity contribution in [2.24, 2.45) is 5.92 Å². The number of nitrogens with zero attached hydrogens (tertiary/aromatic N) is 2. The van der Waals surface area contributed by atoms with E-state index in [2.05, 4.69) is 15.4 Å². The zero-order valence-electron chi connectivity index (χ0n) is 31.4. The monoisotopic (exact) mass is 781 g/mol. The Labute approximate surface area is 320 Å². The van der Waals surface area contributed by atoms with Crippen molar-refractivity contribution in [3.63, 3.8) is 0 Å². The van der Waals surface area contributed by atoms with Crippen LogP contribution in [0.1, 0.15) is 82.4 Å². The molecule has 2 aromatic rings. The number of carbonyl (C=O) groups is 5. The second kappa shape index (κ2) is 15.6. The Morgan fingerprint density at radius 3 is 2.53 bits per heavy atom. The summed E-state index contributed by atoms with van der Waals surface area (Å²) in [4.78, 5) is 71.4. The van der Waals surface area contributed by atoms with E-state index in [4.69, 9.17) is 9.47 Å². The second-order valence-electron chi connectivity index (χ2n) is 15.8. The SMILES string of the molecule is Cc1cccc(S(=O)(=O)NC(=O)[C@@]23C[C@H]2C=CCCCCC[C@H](NC(=O)OC(C)(C)C)C(=O)N2C[C@H](OC(=O)N4Cc5cccc(F)c5C4)C[C@H]2C(=O)N3)c1. The fraction of sp³-hybridized carbons (Fsp3) is 0.513. The first-order valence-electron chi connectivity index (χ1n) is 18.6. The topological polar surface area (TPSA) is 181 Å². The number of amides is 5. The van der Waals surface area contributed by atoms with Gasteiger partial charge in [-0.15, -0.1) is 0 Å². The number of nitrogens with one attached hydrogen (secondary N) is 3. The van der Waals surface area contributed by atoms with Gasteiger partial charge in [-0.3, -0.25) is 19.3 Å². The molecule has 4 aliphatic rings. The highest BCUT2D eigenvalue weighted by molar-refractivity contribution is 7.90. The van der Waals surface area contributed by atoms with Crippen LogP contribution < -0.4 is 15.4 Å². The van der Waals surface area contributed by atoms with Gasteiger partial charge in [0.05, 0.1) is 18.0 Å². The number of carbonyl (C=O) groups excluding carboxylic acids is 5. The van der Waals surface area contributed by atoms with Gasteiger partial charge in [-0.1, -0.05) is 49.3 Å². The van der Waals surface area contributed by atoms with Gasteiger partial charge < -0.3 is 25.0 Å². The molecule has 1 saturated heterocycles. The fourth-order valence-corrected chi connectivity index (χ4v) is 8.54. The third kappa shape index (κ3) is 9.11. The summed E-state index contributed by atoms with van der Waals surface area (Å²) < 4.78 is 54.5. The minimum absolute atomic E-state index is 0.0139. The number of halogens is 1. The third-order valence-electron chi connectivity index (χ3n) is 10.3. The van der Waals surface area contributed by atoms with Crippen LogP contribution in [0, 0.1) is 18.7 Å². The summed E-state index contributed by atoms with van der Waals surface area (Å²) in [6, 6.07) is 8.29. The molecule has 3 heterocycles. The maximum Gasteiger partial charge on any atom is 0.410 e. The minimum Gasteiger partial charge on any atom is -0.444 e. The van der Waals surface area contributed by atoms with E-state index in [-0.39, 0.29) is 43.8 Å². The highest BCUT2D eigenvalue weighted by Crippen LogP contribution is 2.46. The van der Waals surface area contributed by atoms with E-state index in [1.807, 2.05) is 6.08 Å². The molecule has 5 amide bonds. The van der Waals surface area contributed by atoms with Crippen LogP contribution >= 0.6 is 0 Å². The smallest absolute Gasteiger partial charge is 0.410 e. The molecule has 14 nitrogen and oxygen atoms in total. The molecule has 1 aliphatic carbocycles. The molecule has 0 spiro atoms. The lowest BCUT2D eigenvalue weighted by atomic mass is 10.0. The summed E-state index contributed by atoms with van der Waals surface area (Å²) in [5, 5.41) is 5.45. The minimum atomic E-state index is -4.31. The van der Waals surface area contributed by atoms with Gasteiger partial charge >= 0.3 is 12.2 Å². The third-order valence-corrected chi connectivity index (χ3v) is 11.6. The molecule has 1 saturated carbocycles. The van der Waals surface area contributed by atoms with Crippen molar-refractivity contribution in [1.29, 1.82) is 0 Å². The van der Waals surface area contributed by atoms with Crippen LogP contribution in [0.4, 0.5) is 14.0 Å². The summed E-state index contributed by atoms with van der Waals surface area (Å²) in [6.07, 6.45) is 3.95. The van der Waals surface area contributed by atoms with Gasteiger partial charge in [0, 0.05) is 24.4 Å². The van der Waals surface area contributed by atoms with Crippen molar-refractivity contribution < 1.29 is 46.3 Å². The van der Waals surface area contributed by atoms with Gasteiger partial charge in [0.1, 0.15) is 35.1 Å². The summed E-state index contributed by atoms with van der Waals surface area (Å²) in [7, 11) is -4.31. The van der Waals surface area contributed by atoms with Gasteiger partial charge in [0.25, 0.3) is 15.9 Å². The molecule has 3 N–H and O–H groups in total. The lowest BCUT2D eigenvalue weighted by Gasteiger charge is -2.30. The lowest BCUT2D eigenvalue weighted by molar-refractivity contribution is -0.141. The van der Waals surface area contributed by atoms with Crippen molar-refractivity contribution in [1.82, 2.24) is 25.2 Å². The Kier molecular flexibility index (Phi) is 11.3. The summed E-state index contributed by atoms with van der Waals surface area (Å²) in [5.41, 5.74) is -0.805. The lowest BCUT2D eigenvalue weighted by Crippen LogP contribution is -2.58. The average Bonchev–Trinajstić information content (AvgIpc) is 3.40. The predicted octanol–water partition coefficient (Wildman–Crippen LogP) is 4.35. The molecule has 2 fully saturated rings. The molecular formula is C39H48FN5O9S. The van der Waals surface area contributed by atoms with Crippen molar-refractivity contribution in [2.75, 3.05) is 6.54 Å². The number of aryl methyl sites for hydroxylation is 1. The van der Waals surface area contributed by atoms with Crippen LogP contribution in [0.5, 0.6) is 0 Å². The number of alkyl carbamates (subject to hydrolysis) is 1. The zero-order valence-corrected chi connectivity index (χ0v) is 32.2. The number of sulfonamides is 1. The van der Waals surface area contributed by atoms with E-state index in [1.165, 1.54) is 28.0 Å². The van der Waals surface area contributed by atoms with Crippen LogP contribution in [0.15, 0.2) is 59.5 Å². The van der Waals surface area contributed by atoms with Crippen molar-refractivity contribution in [3.05, 3.63) is 77.1 Å². The Hall–Kier alpha value is -4.99. The molecule has 16 heteroatoms. The Morgan fingerprint density at radius 2 is 1.80 bits per heavy atom. The summed E-state index contributed by atoms with van der Waals surface area (Å²) in [5.74, 6) is -3.27. The van der Waals surface area contributed by atoms with E-state index < -0.39 is 81.0 Å². The predicted molar refractivity (Wildman–Crippen MR) is 197 cm³/mol.